The van der Waals surface area contributed by atoms with Crippen LogP contribution < -0.4 is 4.74 Å². The van der Waals surface area contributed by atoms with E-state index in [2.05, 4.69) is 11.8 Å². The second-order valence-corrected chi connectivity index (χ2v) is 7.91. The molecule has 1 aromatic heterocycles. The van der Waals surface area contributed by atoms with Crippen LogP contribution in [0.15, 0.2) is 66.7 Å². The number of ether oxygens (including phenoxy) is 1. The molecule has 1 heterocycles. The Balaban J connectivity index is 1.31. The third-order valence-corrected chi connectivity index (χ3v) is 5.62. The molecule has 0 radical (unpaired) electrons. The molecule has 0 aliphatic rings. The molecule has 0 fully saturated rings. The zero-order valence-corrected chi connectivity index (χ0v) is 18.3. The molecule has 0 bridgehead atoms. The molecule has 0 saturated heterocycles. The van der Waals surface area contributed by atoms with Crippen LogP contribution in [0.1, 0.15) is 40.8 Å². The first-order valence-corrected chi connectivity index (χ1v) is 10.8. The summed E-state index contributed by atoms with van der Waals surface area (Å²) in [7, 11) is 0. The largest absolute Gasteiger partial charge is 0.494 e. The molecular weight excluding hydrogens is 404 g/mol. The van der Waals surface area contributed by atoms with Crippen molar-refractivity contribution < 1.29 is 13.6 Å². The Hall–Kier alpha value is -3.58. The number of fused-ring (bicyclic) bond motifs is 1. The minimum atomic E-state index is -0.146. The molecule has 0 aliphatic heterocycles. The Labute approximate surface area is 187 Å². The summed E-state index contributed by atoms with van der Waals surface area (Å²) in [6.45, 7) is 4.16. The van der Waals surface area contributed by atoms with Crippen molar-refractivity contribution >= 4 is 10.9 Å². The molecule has 4 rings (SSSR count). The van der Waals surface area contributed by atoms with E-state index in [0.717, 1.165) is 47.1 Å². The fraction of sp³-hybridized carbons (Fsp3) is 0.214. The van der Waals surface area contributed by atoms with Crippen molar-refractivity contribution in [2.24, 2.45) is 0 Å². The lowest BCUT2D eigenvalue weighted by Crippen LogP contribution is -1.99. The summed E-state index contributed by atoms with van der Waals surface area (Å²) in [4.78, 5) is 0.686. The summed E-state index contributed by atoms with van der Waals surface area (Å²) in [6, 6.07) is 20.2. The molecule has 0 amide bonds. The zero-order chi connectivity index (χ0) is 22.5. The first kappa shape index (κ1) is 21.6. The maximum absolute atomic E-state index is 14.3. The van der Waals surface area contributed by atoms with Gasteiger partial charge in [0.25, 0.3) is 0 Å². The van der Waals surface area contributed by atoms with Gasteiger partial charge < -0.3 is 4.74 Å². The van der Waals surface area contributed by atoms with Gasteiger partial charge in [0.15, 0.2) is 0 Å². The lowest BCUT2D eigenvalue weighted by Gasteiger charge is -2.08. The average molecular weight is 430 g/mol. The summed E-state index contributed by atoms with van der Waals surface area (Å²) in [5.74, 6) is 6.83. The molecule has 3 aromatic carbocycles. The number of benzene rings is 3. The van der Waals surface area contributed by atoms with E-state index in [1.165, 1.54) is 6.07 Å². The number of aromatic nitrogens is 1. The highest BCUT2D eigenvalue weighted by molar-refractivity contribution is 5.86. The van der Waals surface area contributed by atoms with Gasteiger partial charge in [0.1, 0.15) is 11.6 Å². The summed E-state index contributed by atoms with van der Waals surface area (Å²) < 4.78 is 33.7. The molecule has 162 valence electrons. The lowest BCUT2D eigenvalue weighted by atomic mass is 10.0. The summed E-state index contributed by atoms with van der Waals surface area (Å²) in [6.07, 6.45) is 2.68. The Morgan fingerprint density at radius 3 is 2.50 bits per heavy atom. The van der Waals surface area contributed by atoms with Crippen LogP contribution in [-0.4, -0.2) is 11.4 Å². The molecule has 0 N–H and O–H groups in total. The smallest absolute Gasteiger partial charge is 0.126 e. The van der Waals surface area contributed by atoms with Gasteiger partial charge in [-0.2, -0.15) is 4.79 Å². The van der Waals surface area contributed by atoms with E-state index in [1.54, 1.807) is 13.0 Å². The third-order valence-electron chi connectivity index (χ3n) is 5.62. The molecule has 4 heteroatoms. The minimum Gasteiger partial charge on any atom is -0.494 e. The molecule has 2 nitrogen and oxygen atoms in total. The van der Waals surface area contributed by atoms with Gasteiger partial charge in [-0.05, 0) is 86.7 Å². The van der Waals surface area contributed by atoms with E-state index < -0.39 is 0 Å². The first-order valence-electron chi connectivity index (χ1n) is 10.8. The van der Waals surface area contributed by atoms with Crippen molar-refractivity contribution in [2.75, 3.05) is 6.61 Å². The van der Waals surface area contributed by atoms with E-state index >= 15 is 0 Å². The van der Waals surface area contributed by atoms with E-state index in [1.807, 2.05) is 61.5 Å². The predicted octanol–water partition coefficient (Wildman–Crippen LogP) is 6.93. The molecule has 4 aromatic rings. The second kappa shape index (κ2) is 9.70. The Morgan fingerprint density at radius 1 is 0.906 bits per heavy atom. The number of rotatable bonds is 6. The maximum atomic E-state index is 14.3. The van der Waals surface area contributed by atoms with E-state index in [-0.39, 0.29) is 5.82 Å². The lowest BCUT2D eigenvalue weighted by molar-refractivity contribution is 0.307. The highest BCUT2D eigenvalue weighted by atomic mass is 19.2. The van der Waals surface area contributed by atoms with Crippen LogP contribution in [0.3, 0.4) is 0 Å². The SMILES string of the molecule is Cc1c(F)cccc1CCCCOc1ccc(C#Cc2cccc3cc(C)n(F)c23)cc1. The minimum absolute atomic E-state index is 0.146. The van der Waals surface area contributed by atoms with Crippen LogP contribution in [0.5, 0.6) is 5.75 Å². The van der Waals surface area contributed by atoms with Gasteiger partial charge in [0, 0.05) is 16.6 Å². The summed E-state index contributed by atoms with van der Waals surface area (Å²) in [5, 5.41) is 0.841. The van der Waals surface area contributed by atoms with Crippen molar-refractivity contribution in [2.45, 2.75) is 33.1 Å². The molecular formula is C28H25F2NO. The van der Waals surface area contributed by atoms with Gasteiger partial charge in [-0.1, -0.05) is 40.6 Å². The first-order chi connectivity index (χ1) is 15.5. The number of unbranched alkanes of at least 4 members (excludes halogenated alkanes) is 1. The zero-order valence-electron chi connectivity index (χ0n) is 18.3. The topological polar surface area (TPSA) is 14.2 Å². The van der Waals surface area contributed by atoms with E-state index in [0.29, 0.717) is 28.2 Å². The van der Waals surface area contributed by atoms with Crippen LogP contribution in [0.4, 0.5) is 8.87 Å². The Kier molecular flexibility index (Phi) is 6.56. The number of nitrogens with zero attached hydrogens (tertiary/aromatic N) is 1. The number of hydrogen-bond acceptors (Lipinski definition) is 1. The maximum Gasteiger partial charge on any atom is 0.126 e. The monoisotopic (exact) mass is 429 g/mol. The van der Waals surface area contributed by atoms with Gasteiger partial charge in [0.2, 0.25) is 0 Å². The molecule has 32 heavy (non-hydrogen) atoms. The van der Waals surface area contributed by atoms with Gasteiger partial charge in [-0.15, -0.1) is 0 Å². The predicted molar refractivity (Wildman–Crippen MR) is 125 cm³/mol. The van der Waals surface area contributed by atoms with Crippen molar-refractivity contribution in [3.05, 3.63) is 100 Å². The second-order valence-electron chi connectivity index (χ2n) is 7.91. The molecule has 0 saturated carbocycles. The summed E-state index contributed by atoms with van der Waals surface area (Å²) >= 11 is 0. The van der Waals surface area contributed by atoms with Crippen LogP contribution in [0.25, 0.3) is 10.9 Å². The molecule has 0 atom stereocenters. The average Bonchev–Trinajstić information content (AvgIpc) is 3.09. The highest BCUT2D eigenvalue weighted by Gasteiger charge is 2.08. The standard InChI is InChI=1S/C28H25F2NO/c1-20-19-25-10-5-9-24(28(25)31(20)30)15-12-22-13-16-26(17-14-22)32-18-4-3-7-23-8-6-11-27(29)21(23)2/h5-6,8-11,13-14,16-17,19H,3-4,7,18H2,1-2H3. The number of aryl methyl sites for hydroxylation is 2. The number of para-hydroxylation sites is 1. The van der Waals surface area contributed by atoms with Crippen LogP contribution >= 0.6 is 0 Å². The summed E-state index contributed by atoms with van der Waals surface area (Å²) in [5.41, 5.74) is 4.35. The number of hydrogen-bond donors (Lipinski definition) is 0. The Bertz CT molecular complexity index is 1290. The third kappa shape index (κ3) is 4.84. The van der Waals surface area contributed by atoms with Crippen molar-refractivity contribution in [1.82, 2.24) is 4.79 Å². The van der Waals surface area contributed by atoms with Gasteiger partial charge in [0.05, 0.1) is 17.7 Å². The molecule has 0 spiro atoms. The van der Waals surface area contributed by atoms with E-state index in [9.17, 15) is 8.87 Å². The fourth-order valence-electron chi connectivity index (χ4n) is 3.76. The van der Waals surface area contributed by atoms with Gasteiger partial charge in [-0.25, -0.2) is 4.39 Å². The van der Waals surface area contributed by atoms with Gasteiger partial charge in [-0.3, -0.25) is 0 Å². The van der Waals surface area contributed by atoms with E-state index in [4.69, 9.17) is 4.74 Å². The van der Waals surface area contributed by atoms with Crippen molar-refractivity contribution in [3.8, 4) is 17.6 Å². The van der Waals surface area contributed by atoms with Crippen molar-refractivity contribution in [3.63, 3.8) is 0 Å². The number of halogens is 2. The molecule has 0 unspecified atom stereocenters. The molecule has 0 aliphatic carbocycles. The van der Waals surface area contributed by atoms with Crippen LogP contribution in [0, 0.1) is 31.5 Å². The fourth-order valence-corrected chi connectivity index (χ4v) is 3.76. The van der Waals surface area contributed by atoms with Crippen LogP contribution in [-0.2, 0) is 6.42 Å². The highest BCUT2D eigenvalue weighted by Crippen LogP contribution is 2.23. The van der Waals surface area contributed by atoms with Crippen LogP contribution in [0.2, 0.25) is 0 Å². The normalized spacial score (nSPS) is 10.8. The Morgan fingerprint density at radius 2 is 1.69 bits per heavy atom. The van der Waals surface area contributed by atoms with Crippen molar-refractivity contribution in [1.29, 1.82) is 0 Å². The van der Waals surface area contributed by atoms with Gasteiger partial charge >= 0.3 is 0 Å². The quantitative estimate of drug-likeness (QED) is 0.239.